The fraction of sp³-hybridized carbons (Fsp3) is 0.200. The zero-order valence-electron chi connectivity index (χ0n) is 14.1. The largest absolute Gasteiger partial charge is 0.478 e. The molecule has 132 valence electrons. The van der Waals surface area contributed by atoms with Crippen LogP contribution < -0.4 is 5.32 Å². The van der Waals surface area contributed by atoms with Crippen molar-refractivity contribution in [1.82, 2.24) is 9.78 Å². The molecule has 0 fully saturated rings. The zero-order chi connectivity index (χ0) is 18.1. The number of benzene rings is 2. The van der Waals surface area contributed by atoms with Gasteiger partial charge in [-0.15, -0.1) is 0 Å². The van der Waals surface area contributed by atoms with E-state index in [-0.39, 0.29) is 5.56 Å². The second kappa shape index (κ2) is 6.84. The van der Waals surface area contributed by atoms with Crippen molar-refractivity contribution in [3.05, 3.63) is 64.7 Å². The highest BCUT2D eigenvalue weighted by Gasteiger charge is 2.21. The standard InChI is InChI=1S/C20H18ClN3O2/c21-15-8-4-13(5-9-15)18-17-3-1-2-12-22-19(17)24(23-18)16-10-6-14(7-11-16)20(25)26/h4-11,22H,1-3,12H2,(H,25,26). The molecule has 1 aromatic heterocycles. The number of hydrogen-bond acceptors (Lipinski definition) is 3. The van der Waals surface area contributed by atoms with Crippen molar-refractivity contribution in [1.29, 1.82) is 0 Å². The van der Waals surface area contributed by atoms with Gasteiger partial charge in [-0.3, -0.25) is 0 Å². The van der Waals surface area contributed by atoms with E-state index in [4.69, 9.17) is 21.8 Å². The Morgan fingerprint density at radius 3 is 2.50 bits per heavy atom. The van der Waals surface area contributed by atoms with E-state index in [2.05, 4.69) is 5.32 Å². The van der Waals surface area contributed by atoms with Crippen molar-refractivity contribution in [2.75, 3.05) is 11.9 Å². The molecule has 2 heterocycles. The van der Waals surface area contributed by atoms with Crippen LogP contribution in [0.25, 0.3) is 16.9 Å². The SMILES string of the molecule is O=C(O)c1ccc(-n2nc(-c3ccc(Cl)cc3)c3c2NCCCC3)cc1. The Hall–Kier alpha value is -2.79. The minimum absolute atomic E-state index is 0.262. The van der Waals surface area contributed by atoms with Gasteiger partial charge < -0.3 is 10.4 Å². The normalized spacial score (nSPS) is 13.6. The lowest BCUT2D eigenvalue weighted by Crippen LogP contribution is -2.07. The van der Waals surface area contributed by atoms with Crippen molar-refractivity contribution in [3.8, 4) is 16.9 Å². The van der Waals surface area contributed by atoms with Gasteiger partial charge in [0.25, 0.3) is 0 Å². The maximum Gasteiger partial charge on any atom is 0.335 e. The van der Waals surface area contributed by atoms with Crippen LogP contribution in [0, 0.1) is 0 Å². The first-order chi connectivity index (χ1) is 12.6. The number of carbonyl (C=O) groups is 1. The van der Waals surface area contributed by atoms with Crippen LogP contribution in [0.3, 0.4) is 0 Å². The van der Waals surface area contributed by atoms with E-state index in [0.717, 1.165) is 48.6 Å². The summed E-state index contributed by atoms with van der Waals surface area (Å²) in [7, 11) is 0. The van der Waals surface area contributed by atoms with Crippen molar-refractivity contribution in [2.24, 2.45) is 0 Å². The van der Waals surface area contributed by atoms with Crippen molar-refractivity contribution in [2.45, 2.75) is 19.3 Å². The Balaban J connectivity index is 1.84. The maximum atomic E-state index is 11.1. The topological polar surface area (TPSA) is 67.1 Å². The molecule has 1 aliphatic heterocycles. The molecule has 26 heavy (non-hydrogen) atoms. The first kappa shape index (κ1) is 16.7. The number of halogens is 1. The summed E-state index contributed by atoms with van der Waals surface area (Å²) in [6.07, 6.45) is 3.16. The van der Waals surface area contributed by atoms with E-state index in [9.17, 15) is 4.79 Å². The molecular formula is C20H18ClN3O2. The molecule has 2 N–H and O–H groups in total. The first-order valence-corrected chi connectivity index (χ1v) is 8.97. The third-order valence-electron chi connectivity index (χ3n) is 4.61. The van der Waals surface area contributed by atoms with Gasteiger partial charge in [0, 0.05) is 22.7 Å². The third-order valence-corrected chi connectivity index (χ3v) is 4.86. The summed E-state index contributed by atoms with van der Waals surface area (Å²) in [4.78, 5) is 11.1. The van der Waals surface area contributed by atoms with Crippen LogP contribution in [0.2, 0.25) is 5.02 Å². The summed E-state index contributed by atoms with van der Waals surface area (Å²) in [6, 6.07) is 14.5. The van der Waals surface area contributed by atoms with Crippen LogP contribution in [-0.4, -0.2) is 27.4 Å². The molecule has 6 heteroatoms. The van der Waals surface area contributed by atoms with Gasteiger partial charge in [-0.05, 0) is 55.7 Å². The van der Waals surface area contributed by atoms with E-state index >= 15 is 0 Å². The Bertz CT molecular complexity index is 946. The predicted molar refractivity (Wildman–Crippen MR) is 102 cm³/mol. The first-order valence-electron chi connectivity index (χ1n) is 8.59. The van der Waals surface area contributed by atoms with Crippen LogP contribution in [0.5, 0.6) is 0 Å². The van der Waals surface area contributed by atoms with Gasteiger partial charge in [-0.2, -0.15) is 5.10 Å². The second-order valence-electron chi connectivity index (χ2n) is 6.33. The summed E-state index contributed by atoms with van der Waals surface area (Å²) in [5.41, 5.74) is 4.24. The zero-order valence-corrected chi connectivity index (χ0v) is 14.8. The summed E-state index contributed by atoms with van der Waals surface area (Å²) in [6.45, 7) is 0.895. The highest BCUT2D eigenvalue weighted by Crippen LogP contribution is 2.34. The van der Waals surface area contributed by atoms with Gasteiger partial charge in [0.15, 0.2) is 0 Å². The molecule has 0 radical (unpaired) electrons. The lowest BCUT2D eigenvalue weighted by atomic mass is 10.0. The van der Waals surface area contributed by atoms with Gasteiger partial charge in [0.2, 0.25) is 0 Å². The molecule has 1 aliphatic rings. The molecule has 0 atom stereocenters. The lowest BCUT2D eigenvalue weighted by Gasteiger charge is -2.09. The molecular weight excluding hydrogens is 350 g/mol. The molecule has 0 saturated carbocycles. The summed E-state index contributed by atoms with van der Waals surface area (Å²) < 4.78 is 1.87. The molecule has 5 nitrogen and oxygen atoms in total. The van der Waals surface area contributed by atoms with E-state index in [1.54, 1.807) is 24.3 Å². The van der Waals surface area contributed by atoms with Crippen LogP contribution >= 0.6 is 11.6 Å². The summed E-state index contributed by atoms with van der Waals surface area (Å²) >= 11 is 6.02. The molecule has 3 aromatic rings. The number of anilines is 1. The smallest absolute Gasteiger partial charge is 0.335 e. The molecule has 0 saturated heterocycles. The molecule has 0 spiro atoms. The van der Waals surface area contributed by atoms with Gasteiger partial charge in [-0.1, -0.05) is 23.7 Å². The van der Waals surface area contributed by atoms with Crippen LogP contribution in [0.15, 0.2) is 48.5 Å². The van der Waals surface area contributed by atoms with Crippen molar-refractivity contribution >= 4 is 23.4 Å². The van der Waals surface area contributed by atoms with E-state index < -0.39 is 5.97 Å². The number of nitrogens with one attached hydrogen (secondary N) is 1. The molecule has 4 rings (SSSR count). The summed E-state index contributed by atoms with van der Waals surface area (Å²) in [5, 5.41) is 18.1. The maximum absolute atomic E-state index is 11.1. The number of hydrogen-bond donors (Lipinski definition) is 2. The summed E-state index contributed by atoms with van der Waals surface area (Å²) in [5.74, 6) is 0.0475. The Labute approximate surface area is 156 Å². The van der Waals surface area contributed by atoms with Gasteiger partial charge >= 0.3 is 5.97 Å². The van der Waals surface area contributed by atoms with E-state index in [1.165, 1.54) is 5.56 Å². The number of aromatic nitrogens is 2. The van der Waals surface area contributed by atoms with Gasteiger partial charge in [0.1, 0.15) is 5.82 Å². The monoisotopic (exact) mass is 367 g/mol. The number of carboxylic acids is 1. The Kier molecular flexibility index (Phi) is 4.39. The number of nitrogens with zero attached hydrogens (tertiary/aromatic N) is 2. The number of carboxylic acid groups (broad SMARTS) is 1. The van der Waals surface area contributed by atoms with Crippen molar-refractivity contribution < 1.29 is 9.90 Å². The second-order valence-corrected chi connectivity index (χ2v) is 6.77. The number of fused-ring (bicyclic) bond motifs is 1. The molecule has 0 bridgehead atoms. The van der Waals surface area contributed by atoms with E-state index in [1.807, 2.05) is 28.9 Å². The van der Waals surface area contributed by atoms with Crippen LogP contribution in [-0.2, 0) is 6.42 Å². The fourth-order valence-corrected chi connectivity index (χ4v) is 3.40. The van der Waals surface area contributed by atoms with E-state index in [0.29, 0.717) is 5.02 Å². The number of rotatable bonds is 3. The lowest BCUT2D eigenvalue weighted by molar-refractivity contribution is 0.0697. The minimum atomic E-state index is -0.934. The molecule has 0 unspecified atom stereocenters. The van der Waals surface area contributed by atoms with Gasteiger partial charge in [-0.25, -0.2) is 9.48 Å². The van der Waals surface area contributed by atoms with Crippen LogP contribution in [0.1, 0.15) is 28.8 Å². The van der Waals surface area contributed by atoms with Crippen LogP contribution in [0.4, 0.5) is 5.82 Å². The van der Waals surface area contributed by atoms with Gasteiger partial charge in [0.05, 0.1) is 16.9 Å². The average molecular weight is 368 g/mol. The molecule has 2 aromatic carbocycles. The fourth-order valence-electron chi connectivity index (χ4n) is 3.27. The van der Waals surface area contributed by atoms with Crippen molar-refractivity contribution in [3.63, 3.8) is 0 Å². The molecule has 0 aliphatic carbocycles. The highest BCUT2D eigenvalue weighted by molar-refractivity contribution is 6.30. The Morgan fingerprint density at radius 2 is 1.81 bits per heavy atom. The third kappa shape index (κ3) is 3.06. The molecule has 0 amide bonds. The minimum Gasteiger partial charge on any atom is -0.478 e. The number of aromatic carboxylic acids is 1. The average Bonchev–Trinajstić information content (AvgIpc) is 2.84. The highest BCUT2D eigenvalue weighted by atomic mass is 35.5. The quantitative estimate of drug-likeness (QED) is 0.707. The predicted octanol–water partition coefficient (Wildman–Crippen LogP) is 4.64. The Morgan fingerprint density at radius 1 is 1.08 bits per heavy atom.